The van der Waals surface area contributed by atoms with Gasteiger partial charge in [0, 0.05) is 11.8 Å². The molecule has 25 heavy (non-hydrogen) atoms. The van der Waals surface area contributed by atoms with Crippen LogP contribution in [0.3, 0.4) is 0 Å². The summed E-state index contributed by atoms with van der Waals surface area (Å²) in [5, 5.41) is 13.1. The second-order valence-corrected chi connectivity index (χ2v) is 5.06. The van der Waals surface area contributed by atoms with Crippen molar-refractivity contribution in [2.24, 2.45) is 0 Å². The molecule has 1 amide bonds. The number of nitro benzene ring substituents is 1. The number of nitrogens with zero attached hydrogens (tertiary/aromatic N) is 1. The van der Waals surface area contributed by atoms with Crippen LogP contribution in [0.15, 0.2) is 42.5 Å². The number of anilines is 1. The lowest BCUT2D eigenvalue weighted by Gasteiger charge is -2.12. The summed E-state index contributed by atoms with van der Waals surface area (Å²) in [6, 6.07) is 10.0. The average molecular weight is 348 g/mol. The molecule has 1 N–H and O–H groups in total. The highest BCUT2D eigenvalue weighted by atomic mass is 19.1. The second-order valence-electron chi connectivity index (χ2n) is 5.06. The molecule has 0 unspecified atom stereocenters. The van der Waals surface area contributed by atoms with Crippen molar-refractivity contribution >= 4 is 17.3 Å². The second kappa shape index (κ2) is 8.62. The molecule has 7 nitrogen and oxygen atoms in total. The van der Waals surface area contributed by atoms with Gasteiger partial charge in [0.15, 0.2) is 18.1 Å². The number of hydrogen-bond donors (Lipinski definition) is 1. The van der Waals surface area contributed by atoms with E-state index in [-0.39, 0.29) is 12.3 Å². The SMILES string of the molecule is CCCOc1ccccc1OCC(=O)Nc1ccc(F)c([N+](=O)[O-])c1. The molecule has 2 aromatic carbocycles. The fraction of sp³-hybridized carbons (Fsp3) is 0.235. The Bertz CT molecular complexity index is 766. The molecule has 132 valence electrons. The van der Waals surface area contributed by atoms with E-state index < -0.39 is 22.3 Å². The molecular formula is C17H17FN2O5. The molecular weight excluding hydrogens is 331 g/mol. The highest BCUT2D eigenvalue weighted by Crippen LogP contribution is 2.26. The third kappa shape index (κ3) is 5.17. The van der Waals surface area contributed by atoms with Gasteiger partial charge in [-0.05, 0) is 30.7 Å². The molecule has 2 rings (SSSR count). The Morgan fingerprint density at radius 3 is 2.52 bits per heavy atom. The molecule has 0 atom stereocenters. The summed E-state index contributed by atoms with van der Waals surface area (Å²) < 4.78 is 24.2. The minimum absolute atomic E-state index is 0.109. The predicted molar refractivity (Wildman–Crippen MR) is 89.4 cm³/mol. The van der Waals surface area contributed by atoms with Gasteiger partial charge in [-0.2, -0.15) is 4.39 Å². The number of hydrogen-bond acceptors (Lipinski definition) is 5. The molecule has 0 aliphatic rings. The van der Waals surface area contributed by atoms with Crippen LogP contribution >= 0.6 is 0 Å². The number of halogens is 1. The molecule has 0 saturated heterocycles. The largest absolute Gasteiger partial charge is 0.490 e. The summed E-state index contributed by atoms with van der Waals surface area (Å²) in [4.78, 5) is 21.8. The van der Waals surface area contributed by atoms with Gasteiger partial charge in [-0.15, -0.1) is 0 Å². The van der Waals surface area contributed by atoms with Gasteiger partial charge in [0.05, 0.1) is 11.5 Å². The first-order valence-electron chi connectivity index (χ1n) is 7.59. The van der Waals surface area contributed by atoms with Crippen molar-refractivity contribution in [3.63, 3.8) is 0 Å². The van der Waals surface area contributed by atoms with E-state index in [2.05, 4.69) is 5.32 Å². The maximum Gasteiger partial charge on any atom is 0.306 e. The highest BCUT2D eigenvalue weighted by molar-refractivity contribution is 5.92. The van der Waals surface area contributed by atoms with Crippen LogP contribution in [0.2, 0.25) is 0 Å². The Morgan fingerprint density at radius 2 is 1.88 bits per heavy atom. The van der Waals surface area contributed by atoms with Crippen LogP contribution in [0, 0.1) is 15.9 Å². The number of carbonyl (C=O) groups is 1. The summed E-state index contributed by atoms with van der Waals surface area (Å²) in [5.74, 6) is -0.571. The van der Waals surface area contributed by atoms with Crippen molar-refractivity contribution in [3.05, 3.63) is 58.4 Å². The molecule has 0 saturated carbocycles. The predicted octanol–water partition coefficient (Wildman–Crippen LogP) is 3.54. The zero-order valence-electron chi connectivity index (χ0n) is 13.5. The molecule has 0 bridgehead atoms. The van der Waals surface area contributed by atoms with Gasteiger partial charge < -0.3 is 14.8 Å². The maximum atomic E-state index is 13.3. The van der Waals surface area contributed by atoms with Crippen LogP contribution in [0.1, 0.15) is 13.3 Å². The fourth-order valence-electron chi connectivity index (χ4n) is 1.97. The van der Waals surface area contributed by atoms with Gasteiger partial charge in [-0.25, -0.2) is 0 Å². The van der Waals surface area contributed by atoms with Crippen LogP contribution in [-0.4, -0.2) is 24.0 Å². The Hall–Kier alpha value is -3.16. The first kappa shape index (κ1) is 18.2. The Labute approximate surface area is 143 Å². The molecule has 0 radical (unpaired) electrons. The van der Waals surface area contributed by atoms with Gasteiger partial charge in [-0.1, -0.05) is 19.1 Å². The number of nitro groups is 1. The monoisotopic (exact) mass is 348 g/mol. The number of ether oxygens (including phenoxy) is 2. The van der Waals surface area contributed by atoms with Gasteiger partial charge in [0.25, 0.3) is 5.91 Å². The zero-order valence-corrected chi connectivity index (χ0v) is 13.5. The summed E-state index contributed by atoms with van der Waals surface area (Å²) in [5.41, 5.74) is -0.603. The zero-order chi connectivity index (χ0) is 18.2. The lowest BCUT2D eigenvalue weighted by molar-refractivity contribution is -0.387. The Balaban J connectivity index is 1.98. The quantitative estimate of drug-likeness (QED) is 0.582. The van der Waals surface area contributed by atoms with E-state index in [1.807, 2.05) is 6.92 Å². The molecule has 0 aliphatic heterocycles. The van der Waals surface area contributed by atoms with E-state index in [9.17, 15) is 19.3 Å². The van der Waals surface area contributed by atoms with Crippen LogP contribution in [0.25, 0.3) is 0 Å². The minimum atomic E-state index is -0.971. The van der Waals surface area contributed by atoms with E-state index in [1.54, 1.807) is 24.3 Å². The molecule has 0 heterocycles. The van der Waals surface area contributed by atoms with Gasteiger partial charge in [0.2, 0.25) is 5.82 Å². The lowest BCUT2D eigenvalue weighted by atomic mass is 10.2. The van der Waals surface area contributed by atoms with Crippen molar-refractivity contribution < 1.29 is 23.6 Å². The standard InChI is InChI=1S/C17H17FN2O5/c1-2-9-24-15-5-3-4-6-16(15)25-11-17(21)19-12-7-8-13(18)14(10-12)20(22)23/h3-8,10H,2,9,11H2,1H3,(H,19,21). The summed E-state index contributed by atoms with van der Waals surface area (Å²) in [7, 11) is 0. The smallest absolute Gasteiger partial charge is 0.306 e. The van der Waals surface area contributed by atoms with Crippen molar-refractivity contribution in [2.45, 2.75) is 13.3 Å². The van der Waals surface area contributed by atoms with Crippen molar-refractivity contribution in [1.29, 1.82) is 0 Å². The van der Waals surface area contributed by atoms with Gasteiger partial charge in [-0.3, -0.25) is 14.9 Å². The van der Waals surface area contributed by atoms with Crippen molar-refractivity contribution in [2.75, 3.05) is 18.5 Å². The van der Waals surface area contributed by atoms with E-state index in [0.29, 0.717) is 18.1 Å². The summed E-state index contributed by atoms with van der Waals surface area (Å²) in [6.45, 7) is 2.17. The van der Waals surface area contributed by atoms with Crippen LogP contribution < -0.4 is 14.8 Å². The van der Waals surface area contributed by atoms with E-state index in [1.165, 1.54) is 6.07 Å². The topological polar surface area (TPSA) is 90.7 Å². The van der Waals surface area contributed by atoms with Crippen LogP contribution in [-0.2, 0) is 4.79 Å². The summed E-state index contributed by atoms with van der Waals surface area (Å²) in [6.07, 6.45) is 0.832. The third-order valence-corrected chi connectivity index (χ3v) is 3.10. The van der Waals surface area contributed by atoms with Crippen molar-refractivity contribution in [3.8, 4) is 11.5 Å². The van der Waals surface area contributed by atoms with Gasteiger partial charge >= 0.3 is 5.69 Å². The van der Waals surface area contributed by atoms with Crippen LogP contribution in [0.4, 0.5) is 15.8 Å². The number of nitrogens with one attached hydrogen (secondary N) is 1. The maximum absolute atomic E-state index is 13.3. The molecule has 2 aromatic rings. The normalized spacial score (nSPS) is 10.2. The number of rotatable bonds is 8. The number of para-hydroxylation sites is 2. The number of benzene rings is 2. The summed E-state index contributed by atoms with van der Waals surface area (Å²) >= 11 is 0. The average Bonchev–Trinajstić information content (AvgIpc) is 2.60. The van der Waals surface area contributed by atoms with Crippen LogP contribution in [0.5, 0.6) is 11.5 Å². The van der Waals surface area contributed by atoms with Gasteiger partial charge in [0.1, 0.15) is 0 Å². The first-order valence-corrected chi connectivity index (χ1v) is 7.59. The fourth-order valence-corrected chi connectivity index (χ4v) is 1.97. The Kier molecular flexibility index (Phi) is 6.27. The third-order valence-electron chi connectivity index (χ3n) is 3.10. The van der Waals surface area contributed by atoms with E-state index in [4.69, 9.17) is 9.47 Å². The lowest BCUT2D eigenvalue weighted by Crippen LogP contribution is -2.20. The van der Waals surface area contributed by atoms with E-state index >= 15 is 0 Å². The highest BCUT2D eigenvalue weighted by Gasteiger charge is 2.15. The molecule has 0 aliphatic carbocycles. The number of amides is 1. The molecule has 0 spiro atoms. The van der Waals surface area contributed by atoms with E-state index in [0.717, 1.165) is 18.6 Å². The molecule has 8 heteroatoms. The first-order chi connectivity index (χ1) is 12.0. The Morgan fingerprint density at radius 1 is 1.20 bits per heavy atom. The minimum Gasteiger partial charge on any atom is -0.490 e. The van der Waals surface area contributed by atoms with Crippen molar-refractivity contribution in [1.82, 2.24) is 0 Å². The number of carbonyl (C=O) groups excluding carboxylic acids is 1. The molecule has 0 fully saturated rings. The molecule has 0 aromatic heterocycles.